The summed E-state index contributed by atoms with van der Waals surface area (Å²) in [5.41, 5.74) is 9.85. The van der Waals surface area contributed by atoms with Gasteiger partial charge >= 0.3 is 0 Å². The molecule has 0 saturated carbocycles. The summed E-state index contributed by atoms with van der Waals surface area (Å²) in [5, 5.41) is 6.89. The lowest BCUT2D eigenvalue weighted by Crippen LogP contribution is -2.11. The van der Waals surface area contributed by atoms with E-state index in [0.717, 1.165) is 86.4 Å². The van der Waals surface area contributed by atoms with E-state index in [1.54, 1.807) is 6.20 Å². The lowest BCUT2D eigenvalue weighted by Gasteiger charge is -2.13. The zero-order valence-corrected chi connectivity index (χ0v) is 29.7. The minimum Gasteiger partial charge on any atom is -0.494 e. The summed E-state index contributed by atoms with van der Waals surface area (Å²) in [6, 6.07) is 28.4. The van der Waals surface area contributed by atoms with Crippen LogP contribution in [0.25, 0.3) is 55.9 Å². The van der Waals surface area contributed by atoms with Crippen LogP contribution in [0.5, 0.6) is 5.75 Å². The zero-order chi connectivity index (χ0) is 35.3. The van der Waals surface area contributed by atoms with Gasteiger partial charge in [0.25, 0.3) is 0 Å². The second-order valence-electron chi connectivity index (χ2n) is 13.3. The van der Waals surface area contributed by atoms with Crippen molar-refractivity contribution in [3.8, 4) is 28.3 Å². The summed E-state index contributed by atoms with van der Waals surface area (Å²) < 4.78 is 9.90. The molecule has 0 aliphatic heterocycles. The van der Waals surface area contributed by atoms with Crippen LogP contribution in [0.4, 0.5) is 11.6 Å². The monoisotopic (exact) mass is 677 g/mol. The number of ether oxygens (including phenoxy) is 1. The third-order valence-corrected chi connectivity index (χ3v) is 8.43. The van der Waals surface area contributed by atoms with Gasteiger partial charge < -0.3 is 15.4 Å². The molecule has 8 rings (SSSR count). The van der Waals surface area contributed by atoms with E-state index in [1.165, 1.54) is 0 Å². The molecule has 3 aromatic carbocycles. The fourth-order valence-electron chi connectivity index (χ4n) is 6.01. The minimum absolute atomic E-state index is 0.527. The first-order valence-corrected chi connectivity index (χ1v) is 17.5. The molecule has 8 aromatic rings. The average molecular weight is 678 g/mol. The maximum atomic E-state index is 5.57. The maximum Gasteiger partial charge on any atom is 0.181 e. The molecule has 0 fully saturated rings. The Balaban J connectivity index is 0.000000160. The highest BCUT2D eigenvalue weighted by atomic mass is 16.5. The Kier molecular flexibility index (Phi) is 9.74. The van der Waals surface area contributed by atoms with Crippen molar-refractivity contribution in [1.29, 1.82) is 0 Å². The standard InChI is InChI=1S/C22H24N4O.C19H19N5/c1-4-27-17-11-9-16(10-12-17)20-14-24-22-21(23-13-15(2)3)25-18-7-5-6-8-19(18)26(20)22;1-13(2)10-21-18-19-22-12-17(14-6-5-9-20-11-14)24(19)16-8-4-3-7-15(16)23-18/h5-12,14-15H,4,13H2,1-3H3,(H,23,25);3-9,11-13H,10H2,1-2H3,(H,21,23). The molecule has 51 heavy (non-hydrogen) atoms. The number of nitrogens with one attached hydrogen (secondary N) is 2. The van der Waals surface area contributed by atoms with Crippen LogP contribution >= 0.6 is 0 Å². The van der Waals surface area contributed by atoms with Crippen molar-refractivity contribution in [2.24, 2.45) is 11.8 Å². The van der Waals surface area contributed by atoms with Crippen LogP contribution in [-0.4, -0.2) is 53.4 Å². The van der Waals surface area contributed by atoms with Gasteiger partial charge in [0.1, 0.15) is 5.75 Å². The van der Waals surface area contributed by atoms with E-state index in [4.69, 9.17) is 14.7 Å². The number of hydrogen-bond donors (Lipinski definition) is 2. The molecular formula is C41H43N9O. The van der Waals surface area contributed by atoms with Gasteiger partial charge in [-0.1, -0.05) is 52.0 Å². The normalized spacial score (nSPS) is 11.4. The SMILES string of the molecule is CC(C)CNc1nc2ccccc2n2c(-c3cccnc3)cnc12.CCOc1ccc(-c2cnc3c(NCC(C)C)nc4ccccc4n23)cc1. The molecule has 0 radical (unpaired) electrons. The van der Waals surface area contributed by atoms with Gasteiger partial charge in [-0.2, -0.15) is 0 Å². The first-order chi connectivity index (χ1) is 24.9. The van der Waals surface area contributed by atoms with Crippen LogP contribution in [0.2, 0.25) is 0 Å². The first-order valence-electron chi connectivity index (χ1n) is 17.5. The van der Waals surface area contributed by atoms with Crippen molar-refractivity contribution in [2.45, 2.75) is 34.6 Å². The van der Waals surface area contributed by atoms with E-state index in [2.05, 4.69) is 86.3 Å². The molecule has 0 unspecified atom stereocenters. The van der Waals surface area contributed by atoms with Crippen LogP contribution < -0.4 is 15.4 Å². The van der Waals surface area contributed by atoms with Crippen LogP contribution in [0.1, 0.15) is 34.6 Å². The molecule has 0 aliphatic rings. The highest BCUT2D eigenvalue weighted by Gasteiger charge is 2.16. The highest BCUT2D eigenvalue weighted by Crippen LogP contribution is 2.30. The van der Waals surface area contributed by atoms with E-state index in [-0.39, 0.29) is 0 Å². The minimum atomic E-state index is 0.527. The van der Waals surface area contributed by atoms with Crippen molar-refractivity contribution in [2.75, 3.05) is 30.3 Å². The van der Waals surface area contributed by atoms with E-state index >= 15 is 0 Å². The number of rotatable bonds is 10. The van der Waals surface area contributed by atoms with Gasteiger partial charge in [-0.25, -0.2) is 19.9 Å². The predicted octanol–water partition coefficient (Wildman–Crippen LogP) is 9.03. The summed E-state index contributed by atoms with van der Waals surface area (Å²) >= 11 is 0. The Bertz CT molecular complexity index is 2400. The second-order valence-corrected chi connectivity index (χ2v) is 13.3. The van der Waals surface area contributed by atoms with Gasteiger partial charge in [-0.3, -0.25) is 13.8 Å². The van der Waals surface area contributed by atoms with Crippen molar-refractivity contribution in [3.05, 3.63) is 110 Å². The summed E-state index contributed by atoms with van der Waals surface area (Å²) in [5.74, 6) is 3.57. The number of aromatic nitrogens is 7. The van der Waals surface area contributed by atoms with Crippen molar-refractivity contribution in [3.63, 3.8) is 0 Å². The molecule has 0 amide bonds. The number of nitrogens with zero attached hydrogens (tertiary/aromatic N) is 7. The quantitative estimate of drug-likeness (QED) is 0.148. The molecule has 0 atom stereocenters. The smallest absolute Gasteiger partial charge is 0.181 e. The molecule has 5 aromatic heterocycles. The number of para-hydroxylation sites is 4. The Morgan fingerprint density at radius 3 is 1.63 bits per heavy atom. The molecule has 258 valence electrons. The van der Waals surface area contributed by atoms with Gasteiger partial charge in [0.15, 0.2) is 22.9 Å². The molecule has 0 saturated heterocycles. The fraction of sp³-hybridized carbons (Fsp3) is 0.244. The van der Waals surface area contributed by atoms with Gasteiger partial charge in [-0.15, -0.1) is 0 Å². The number of anilines is 2. The summed E-state index contributed by atoms with van der Waals surface area (Å²) in [4.78, 5) is 23.1. The number of imidazole rings is 2. The number of hydrogen-bond acceptors (Lipinski definition) is 8. The summed E-state index contributed by atoms with van der Waals surface area (Å²) in [7, 11) is 0. The molecule has 0 spiro atoms. The lowest BCUT2D eigenvalue weighted by atomic mass is 10.1. The third-order valence-electron chi connectivity index (χ3n) is 8.43. The lowest BCUT2D eigenvalue weighted by molar-refractivity contribution is 0.340. The summed E-state index contributed by atoms with van der Waals surface area (Å²) in [6.45, 7) is 13.1. The Morgan fingerprint density at radius 2 is 1.14 bits per heavy atom. The largest absolute Gasteiger partial charge is 0.494 e. The third kappa shape index (κ3) is 7.03. The molecule has 2 N–H and O–H groups in total. The fourth-order valence-corrected chi connectivity index (χ4v) is 6.01. The molecule has 10 nitrogen and oxygen atoms in total. The van der Waals surface area contributed by atoms with Crippen LogP contribution in [0.15, 0.2) is 110 Å². The maximum absolute atomic E-state index is 5.57. The molecule has 5 heterocycles. The van der Waals surface area contributed by atoms with Crippen LogP contribution in [0, 0.1) is 11.8 Å². The molecular weight excluding hydrogens is 635 g/mol. The zero-order valence-electron chi connectivity index (χ0n) is 29.7. The number of pyridine rings is 1. The Labute approximate surface area is 297 Å². The Morgan fingerprint density at radius 1 is 0.608 bits per heavy atom. The van der Waals surface area contributed by atoms with Gasteiger partial charge in [0.2, 0.25) is 0 Å². The summed E-state index contributed by atoms with van der Waals surface area (Å²) in [6.07, 6.45) is 7.45. The van der Waals surface area contributed by atoms with Crippen LogP contribution in [-0.2, 0) is 0 Å². The number of benzene rings is 3. The first kappa shape index (κ1) is 33.5. The van der Waals surface area contributed by atoms with E-state index in [0.29, 0.717) is 18.4 Å². The van der Waals surface area contributed by atoms with E-state index < -0.39 is 0 Å². The average Bonchev–Trinajstić information content (AvgIpc) is 3.81. The van der Waals surface area contributed by atoms with Gasteiger partial charge in [0, 0.05) is 36.6 Å². The number of fused-ring (bicyclic) bond motifs is 6. The second kappa shape index (κ2) is 14.8. The molecule has 0 bridgehead atoms. The Hall–Kier alpha value is -6.03. The molecule has 0 aliphatic carbocycles. The van der Waals surface area contributed by atoms with E-state index in [9.17, 15) is 0 Å². The van der Waals surface area contributed by atoms with Crippen molar-refractivity contribution >= 4 is 45.0 Å². The van der Waals surface area contributed by atoms with Gasteiger partial charge in [0.05, 0.1) is 52.5 Å². The highest BCUT2D eigenvalue weighted by molar-refractivity contribution is 5.87. The topological polar surface area (TPSA) is 107 Å². The van der Waals surface area contributed by atoms with Crippen molar-refractivity contribution in [1.82, 2.24) is 33.7 Å². The predicted molar refractivity (Wildman–Crippen MR) is 207 cm³/mol. The van der Waals surface area contributed by atoms with Crippen molar-refractivity contribution < 1.29 is 4.74 Å². The van der Waals surface area contributed by atoms with Crippen LogP contribution in [0.3, 0.4) is 0 Å². The van der Waals surface area contributed by atoms with Gasteiger partial charge in [-0.05, 0) is 79.4 Å². The molecule has 10 heteroatoms. The van der Waals surface area contributed by atoms with E-state index in [1.807, 2.05) is 86.2 Å².